The van der Waals surface area contributed by atoms with Crippen LogP contribution in [0.15, 0.2) is 0 Å². The minimum Gasteiger partial charge on any atom is -0.356 e. The first kappa shape index (κ1) is 33.5. The quantitative estimate of drug-likeness (QED) is 0.106. The molecule has 0 saturated carbocycles. The molecule has 0 aromatic heterocycles. The molecule has 0 unspecified atom stereocenters. The smallest absolute Gasteiger partial charge is 0.219 e. The Morgan fingerprint density at radius 1 is 0.382 bits per heavy atom. The fraction of sp³-hybridized carbons (Fsp3) is 0.969. The summed E-state index contributed by atoms with van der Waals surface area (Å²) in [5, 5.41) is 3.12. The molecule has 0 aliphatic heterocycles. The zero-order valence-corrected chi connectivity index (χ0v) is 23.9. The van der Waals surface area contributed by atoms with Crippen molar-refractivity contribution >= 4 is 5.91 Å². The fourth-order valence-corrected chi connectivity index (χ4v) is 4.94. The lowest BCUT2D eigenvalue weighted by Gasteiger charge is -2.06. The second-order valence-corrected chi connectivity index (χ2v) is 10.9. The summed E-state index contributed by atoms with van der Waals surface area (Å²) in [6.07, 6.45) is 37.9. The van der Waals surface area contributed by atoms with Gasteiger partial charge in [-0.1, -0.05) is 174 Å². The molecule has 1 N–H and O–H groups in total. The van der Waals surface area contributed by atoms with Crippen LogP contribution < -0.4 is 5.32 Å². The number of rotatable bonds is 29. The zero-order chi connectivity index (χ0) is 24.8. The highest BCUT2D eigenvalue weighted by Gasteiger charge is 2.01. The summed E-state index contributed by atoms with van der Waals surface area (Å²) in [4.78, 5) is 12.0. The van der Waals surface area contributed by atoms with E-state index in [0.717, 1.165) is 25.8 Å². The van der Waals surface area contributed by atoms with Crippen molar-refractivity contribution in [1.82, 2.24) is 5.32 Å². The summed E-state index contributed by atoms with van der Waals surface area (Å²) in [5.41, 5.74) is 0. The van der Waals surface area contributed by atoms with Gasteiger partial charge in [0.15, 0.2) is 0 Å². The van der Waals surface area contributed by atoms with E-state index in [-0.39, 0.29) is 5.91 Å². The molecule has 34 heavy (non-hydrogen) atoms. The van der Waals surface area contributed by atoms with Gasteiger partial charge in [0.2, 0.25) is 5.91 Å². The van der Waals surface area contributed by atoms with Crippen molar-refractivity contribution in [3.63, 3.8) is 0 Å². The second kappa shape index (κ2) is 30.5. The van der Waals surface area contributed by atoms with Gasteiger partial charge in [-0.2, -0.15) is 0 Å². The highest BCUT2D eigenvalue weighted by molar-refractivity contribution is 5.75. The molecule has 204 valence electrons. The van der Waals surface area contributed by atoms with Crippen molar-refractivity contribution in [1.29, 1.82) is 0 Å². The normalized spacial score (nSPS) is 11.2. The molecule has 0 radical (unpaired) electrons. The first-order chi connectivity index (χ1) is 16.8. The first-order valence-electron chi connectivity index (χ1n) is 16.1. The molecule has 0 saturated heterocycles. The maximum atomic E-state index is 12.0. The van der Waals surface area contributed by atoms with E-state index in [1.807, 2.05) is 0 Å². The van der Waals surface area contributed by atoms with Crippen LogP contribution in [-0.4, -0.2) is 12.5 Å². The lowest BCUT2D eigenvalue weighted by atomic mass is 10.0. The number of carbonyl (C=O) groups excluding carboxylic acids is 1. The fourth-order valence-electron chi connectivity index (χ4n) is 4.94. The zero-order valence-electron chi connectivity index (χ0n) is 23.9. The molecule has 0 heterocycles. The number of amides is 1. The van der Waals surface area contributed by atoms with Gasteiger partial charge in [-0.3, -0.25) is 4.79 Å². The van der Waals surface area contributed by atoms with Crippen LogP contribution in [-0.2, 0) is 4.79 Å². The van der Waals surface area contributed by atoms with Crippen molar-refractivity contribution < 1.29 is 4.79 Å². The summed E-state index contributed by atoms with van der Waals surface area (Å²) >= 11 is 0. The maximum Gasteiger partial charge on any atom is 0.219 e. The van der Waals surface area contributed by atoms with Gasteiger partial charge in [0.25, 0.3) is 0 Å². The van der Waals surface area contributed by atoms with Crippen LogP contribution in [0, 0.1) is 0 Å². The van der Waals surface area contributed by atoms with E-state index in [1.54, 1.807) is 0 Å². The van der Waals surface area contributed by atoms with Gasteiger partial charge in [-0.05, 0) is 12.8 Å². The summed E-state index contributed by atoms with van der Waals surface area (Å²) < 4.78 is 0. The molecule has 0 aliphatic rings. The van der Waals surface area contributed by atoms with E-state index in [9.17, 15) is 4.79 Å². The van der Waals surface area contributed by atoms with Crippen molar-refractivity contribution in [2.24, 2.45) is 0 Å². The summed E-state index contributed by atoms with van der Waals surface area (Å²) in [6.45, 7) is 5.45. The van der Waals surface area contributed by atoms with Gasteiger partial charge in [0, 0.05) is 13.0 Å². The average molecular weight is 480 g/mol. The Morgan fingerprint density at radius 3 is 0.971 bits per heavy atom. The maximum absolute atomic E-state index is 12.0. The van der Waals surface area contributed by atoms with Gasteiger partial charge >= 0.3 is 0 Å². The van der Waals surface area contributed by atoms with Crippen LogP contribution >= 0.6 is 0 Å². The van der Waals surface area contributed by atoms with E-state index in [0.29, 0.717) is 0 Å². The lowest BCUT2D eigenvalue weighted by Crippen LogP contribution is -2.23. The van der Waals surface area contributed by atoms with Crippen LogP contribution in [0.3, 0.4) is 0 Å². The van der Waals surface area contributed by atoms with Gasteiger partial charge in [0.05, 0.1) is 0 Å². The Labute approximate surface area is 216 Å². The number of hydrogen-bond donors (Lipinski definition) is 1. The number of carbonyl (C=O) groups is 1. The van der Waals surface area contributed by atoms with Crippen LogP contribution in [0.25, 0.3) is 0 Å². The van der Waals surface area contributed by atoms with Crippen molar-refractivity contribution in [2.75, 3.05) is 6.54 Å². The van der Waals surface area contributed by atoms with E-state index in [2.05, 4.69) is 19.2 Å². The molecule has 2 heteroatoms. The highest BCUT2D eigenvalue weighted by atomic mass is 16.1. The lowest BCUT2D eigenvalue weighted by molar-refractivity contribution is -0.121. The second-order valence-electron chi connectivity index (χ2n) is 10.9. The SMILES string of the molecule is CCCCCCCCCCCCCCCCCCCC(=O)NCCCCCCCCCCCC. The molecule has 0 aliphatic carbocycles. The van der Waals surface area contributed by atoms with E-state index in [1.165, 1.54) is 161 Å². The predicted molar refractivity (Wildman–Crippen MR) is 154 cm³/mol. The summed E-state index contributed by atoms with van der Waals surface area (Å²) in [6, 6.07) is 0. The topological polar surface area (TPSA) is 29.1 Å². The van der Waals surface area contributed by atoms with E-state index >= 15 is 0 Å². The third-order valence-corrected chi connectivity index (χ3v) is 7.36. The highest BCUT2D eigenvalue weighted by Crippen LogP contribution is 2.14. The third-order valence-electron chi connectivity index (χ3n) is 7.36. The van der Waals surface area contributed by atoms with Gasteiger partial charge in [-0.25, -0.2) is 0 Å². The van der Waals surface area contributed by atoms with Crippen LogP contribution in [0.4, 0.5) is 0 Å². The summed E-state index contributed by atoms with van der Waals surface area (Å²) in [5.74, 6) is 0.275. The third kappa shape index (κ3) is 29.5. The van der Waals surface area contributed by atoms with Crippen LogP contribution in [0.2, 0.25) is 0 Å². The molecule has 0 fully saturated rings. The van der Waals surface area contributed by atoms with Gasteiger partial charge in [-0.15, -0.1) is 0 Å². The number of hydrogen-bond acceptors (Lipinski definition) is 1. The van der Waals surface area contributed by atoms with Gasteiger partial charge in [0.1, 0.15) is 0 Å². The molecule has 0 bridgehead atoms. The standard InChI is InChI=1S/C32H65NO/c1-3-5-7-9-11-13-15-16-17-18-19-20-21-22-24-26-28-30-32(34)33-31-29-27-25-23-14-12-10-8-6-4-2/h3-31H2,1-2H3,(H,33,34). The number of unbranched alkanes of at least 4 members (excludes halogenated alkanes) is 25. The molecule has 0 rings (SSSR count). The molecular weight excluding hydrogens is 414 g/mol. The Morgan fingerprint density at radius 2 is 0.647 bits per heavy atom. The predicted octanol–water partition coefficient (Wildman–Crippen LogP) is 11.1. The monoisotopic (exact) mass is 480 g/mol. The average Bonchev–Trinajstić information content (AvgIpc) is 2.84. The summed E-state index contributed by atoms with van der Waals surface area (Å²) in [7, 11) is 0. The number of nitrogens with one attached hydrogen (secondary N) is 1. The van der Waals surface area contributed by atoms with Crippen molar-refractivity contribution in [3.05, 3.63) is 0 Å². The molecular formula is C32H65NO. The molecule has 0 spiro atoms. The Balaban J connectivity index is 3.13. The minimum atomic E-state index is 0.275. The van der Waals surface area contributed by atoms with Crippen LogP contribution in [0.5, 0.6) is 0 Å². The molecule has 0 atom stereocenters. The Kier molecular flexibility index (Phi) is 30.0. The minimum absolute atomic E-state index is 0.275. The van der Waals surface area contributed by atoms with Crippen LogP contribution in [0.1, 0.15) is 194 Å². The molecule has 2 nitrogen and oxygen atoms in total. The largest absolute Gasteiger partial charge is 0.356 e. The molecule has 0 aromatic rings. The van der Waals surface area contributed by atoms with E-state index < -0.39 is 0 Å². The van der Waals surface area contributed by atoms with Crippen molar-refractivity contribution in [2.45, 2.75) is 194 Å². The van der Waals surface area contributed by atoms with Crippen molar-refractivity contribution in [3.8, 4) is 0 Å². The van der Waals surface area contributed by atoms with Gasteiger partial charge < -0.3 is 5.32 Å². The molecule has 0 aromatic carbocycles. The van der Waals surface area contributed by atoms with E-state index in [4.69, 9.17) is 0 Å². The first-order valence-corrected chi connectivity index (χ1v) is 16.1. The Bertz CT molecular complexity index is 381. The molecule has 1 amide bonds. The Hall–Kier alpha value is -0.530.